The SMILES string of the molecule is COc1ccc(C(=O)NCc2ccc(O)cc2O)c(OC)c1C1=CCCCC1. The number of aromatic hydroxyl groups is 2. The predicted octanol–water partition coefficient (Wildman–Crippen LogP) is 4.00. The molecule has 0 saturated heterocycles. The van der Waals surface area contributed by atoms with Crippen molar-refractivity contribution in [3.63, 3.8) is 0 Å². The van der Waals surface area contributed by atoms with E-state index in [2.05, 4.69) is 11.4 Å². The van der Waals surface area contributed by atoms with Gasteiger partial charge in [0.2, 0.25) is 0 Å². The third kappa shape index (κ3) is 4.06. The Morgan fingerprint density at radius 1 is 1.11 bits per heavy atom. The van der Waals surface area contributed by atoms with Crippen molar-refractivity contribution in [3.8, 4) is 23.0 Å². The van der Waals surface area contributed by atoms with Crippen LogP contribution < -0.4 is 14.8 Å². The molecular formula is C22H25NO5. The zero-order valence-electron chi connectivity index (χ0n) is 16.1. The summed E-state index contributed by atoms with van der Waals surface area (Å²) in [5.74, 6) is 0.743. The molecule has 0 spiro atoms. The Morgan fingerprint density at radius 2 is 1.93 bits per heavy atom. The van der Waals surface area contributed by atoms with Crippen LogP contribution in [0.25, 0.3) is 5.57 Å². The van der Waals surface area contributed by atoms with Crippen molar-refractivity contribution >= 4 is 11.5 Å². The molecule has 0 aliphatic heterocycles. The zero-order chi connectivity index (χ0) is 20.1. The fraction of sp³-hybridized carbons (Fsp3) is 0.318. The summed E-state index contributed by atoms with van der Waals surface area (Å²) < 4.78 is 11.1. The molecule has 1 amide bonds. The lowest BCUT2D eigenvalue weighted by Crippen LogP contribution is -2.23. The van der Waals surface area contributed by atoms with Gasteiger partial charge in [0.15, 0.2) is 0 Å². The number of rotatable bonds is 6. The van der Waals surface area contributed by atoms with E-state index in [-0.39, 0.29) is 24.0 Å². The van der Waals surface area contributed by atoms with Crippen LogP contribution >= 0.6 is 0 Å². The zero-order valence-corrected chi connectivity index (χ0v) is 16.1. The summed E-state index contributed by atoms with van der Waals surface area (Å²) in [6.07, 6.45) is 6.34. The Balaban J connectivity index is 1.90. The van der Waals surface area contributed by atoms with Crippen LogP contribution in [0.15, 0.2) is 36.4 Å². The summed E-state index contributed by atoms with van der Waals surface area (Å²) in [5, 5.41) is 22.1. The third-order valence-electron chi connectivity index (χ3n) is 4.91. The lowest BCUT2D eigenvalue weighted by Gasteiger charge is -2.21. The maximum Gasteiger partial charge on any atom is 0.255 e. The number of allylic oxidation sites excluding steroid dienone is 2. The van der Waals surface area contributed by atoms with Gasteiger partial charge in [0, 0.05) is 18.2 Å². The van der Waals surface area contributed by atoms with Crippen LogP contribution in [0.2, 0.25) is 0 Å². The van der Waals surface area contributed by atoms with E-state index in [1.165, 1.54) is 12.1 Å². The largest absolute Gasteiger partial charge is 0.508 e. The Morgan fingerprint density at radius 3 is 2.57 bits per heavy atom. The third-order valence-corrected chi connectivity index (χ3v) is 4.91. The number of hydrogen-bond donors (Lipinski definition) is 3. The number of benzene rings is 2. The molecule has 0 atom stereocenters. The van der Waals surface area contributed by atoms with E-state index in [9.17, 15) is 15.0 Å². The summed E-state index contributed by atoms with van der Waals surface area (Å²) >= 11 is 0. The molecule has 28 heavy (non-hydrogen) atoms. The first-order valence-electron chi connectivity index (χ1n) is 9.28. The number of nitrogens with one attached hydrogen (secondary N) is 1. The van der Waals surface area contributed by atoms with E-state index in [0.717, 1.165) is 36.8 Å². The number of hydrogen-bond acceptors (Lipinski definition) is 5. The fourth-order valence-electron chi connectivity index (χ4n) is 3.47. The van der Waals surface area contributed by atoms with E-state index < -0.39 is 0 Å². The maximum absolute atomic E-state index is 12.8. The molecule has 148 valence electrons. The molecule has 6 heteroatoms. The number of phenolic OH excluding ortho intramolecular Hbond substituents is 2. The Labute approximate surface area is 164 Å². The Kier molecular flexibility index (Phi) is 6.09. The number of methoxy groups -OCH3 is 2. The smallest absolute Gasteiger partial charge is 0.255 e. The van der Waals surface area contributed by atoms with Gasteiger partial charge in [-0.1, -0.05) is 6.08 Å². The first-order valence-corrected chi connectivity index (χ1v) is 9.28. The van der Waals surface area contributed by atoms with Crippen molar-refractivity contribution < 1.29 is 24.5 Å². The van der Waals surface area contributed by atoms with Gasteiger partial charge in [0.1, 0.15) is 23.0 Å². The number of carbonyl (C=O) groups is 1. The van der Waals surface area contributed by atoms with E-state index in [1.807, 2.05) is 0 Å². The minimum Gasteiger partial charge on any atom is -0.508 e. The van der Waals surface area contributed by atoms with Gasteiger partial charge < -0.3 is 25.0 Å². The number of ether oxygens (including phenoxy) is 2. The highest BCUT2D eigenvalue weighted by atomic mass is 16.5. The summed E-state index contributed by atoms with van der Waals surface area (Å²) in [5.41, 5.74) is 2.87. The lowest BCUT2D eigenvalue weighted by atomic mass is 9.91. The molecule has 1 aliphatic rings. The van der Waals surface area contributed by atoms with Crippen molar-refractivity contribution in [3.05, 3.63) is 53.1 Å². The second-order valence-electron chi connectivity index (χ2n) is 6.69. The Bertz CT molecular complexity index is 904. The molecule has 3 N–H and O–H groups in total. The summed E-state index contributed by atoms with van der Waals surface area (Å²) in [6, 6.07) is 7.72. The molecule has 0 radical (unpaired) electrons. The molecule has 0 unspecified atom stereocenters. The molecule has 0 heterocycles. The lowest BCUT2D eigenvalue weighted by molar-refractivity contribution is 0.0947. The molecule has 0 fully saturated rings. The van der Waals surface area contributed by atoms with E-state index in [4.69, 9.17) is 9.47 Å². The Hall–Kier alpha value is -3.15. The van der Waals surface area contributed by atoms with Crippen molar-refractivity contribution in [1.29, 1.82) is 0 Å². The monoisotopic (exact) mass is 383 g/mol. The summed E-state index contributed by atoms with van der Waals surface area (Å²) in [7, 11) is 3.15. The van der Waals surface area contributed by atoms with Crippen molar-refractivity contribution in [2.45, 2.75) is 32.2 Å². The molecule has 3 rings (SSSR count). The quantitative estimate of drug-likeness (QED) is 0.702. The first-order chi connectivity index (χ1) is 13.5. The second kappa shape index (κ2) is 8.69. The molecule has 0 saturated carbocycles. The van der Waals surface area contributed by atoms with Gasteiger partial charge in [0.25, 0.3) is 5.91 Å². The van der Waals surface area contributed by atoms with Crippen LogP contribution in [0, 0.1) is 0 Å². The van der Waals surface area contributed by atoms with Crippen LogP contribution in [-0.2, 0) is 6.54 Å². The highest BCUT2D eigenvalue weighted by Gasteiger charge is 2.23. The van der Waals surface area contributed by atoms with Gasteiger partial charge in [-0.3, -0.25) is 4.79 Å². The molecular weight excluding hydrogens is 358 g/mol. The predicted molar refractivity (Wildman–Crippen MR) is 107 cm³/mol. The minimum atomic E-state index is -0.315. The molecule has 0 aromatic heterocycles. The molecule has 0 bridgehead atoms. The number of carbonyl (C=O) groups excluding carboxylic acids is 1. The van der Waals surface area contributed by atoms with E-state index in [1.54, 1.807) is 32.4 Å². The molecule has 2 aromatic rings. The normalized spacial score (nSPS) is 13.6. The average molecular weight is 383 g/mol. The second-order valence-corrected chi connectivity index (χ2v) is 6.69. The van der Waals surface area contributed by atoms with Gasteiger partial charge in [-0.15, -0.1) is 0 Å². The van der Waals surface area contributed by atoms with Crippen molar-refractivity contribution in [1.82, 2.24) is 5.32 Å². The van der Waals surface area contributed by atoms with Crippen molar-refractivity contribution in [2.24, 2.45) is 0 Å². The van der Waals surface area contributed by atoms with Crippen molar-refractivity contribution in [2.75, 3.05) is 14.2 Å². The highest BCUT2D eigenvalue weighted by Crippen LogP contribution is 2.41. The topological polar surface area (TPSA) is 88.0 Å². The minimum absolute atomic E-state index is 0.0326. The van der Waals surface area contributed by atoms with E-state index >= 15 is 0 Å². The molecule has 6 nitrogen and oxygen atoms in total. The number of phenols is 2. The van der Waals surface area contributed by atoms with Gasteiger partial charge in [-0.05, 0) is 55.5 Å². The summed E-state index contributed by atoms with van der Waals surface area (Å²) in [6.45, 7) is 0.123. The van der Waals surface area contributed by atoms with Crippen LogP contribution in [-0.4, -0.2) is 30.3 Å². The number of amides is 1. The van der Waals surface area contributed by atoms with Crippen LogP contribution in [0.4, 0.5) is 0 Å². The standard InChI is InChI=1S/C22H25NO5/c1-27-19-11-10-17(21(28-2)20(19)14-6-4-3-5-7-14)22(26)23-13-15-8-9-16(24)12-18(15)25/h6,8-12,24-25H,3-5,7,13H2,1-2H3,(H,23,26). The highest BCUT2D eigenvalue weighted by molar-refractivity contribution is 5.99. The fourth-order valence-corrected chi connectivity index (χ4v) is 3.47. The first kappa shape index (κ1) is 19.6. The van der Waals surface area contributed by atoms with Crippen LogP contribution in [0.5, 0.6) is 23.0 Å². The molecule has 1 aliphatic carbocycles. The van der Waals surface area contributed by atoms with Crippen LogP contribution in [0.3, 0.4) is 0 Å². The van der Waals surface area contributed by atoms with Gasteiger partial charge in [-0.2, -0.15) is 0 Å². The maximum atomic E-state index is 12.8. The van der Waals surface area contributed by atoms with Crippen LogP contribution in [0.1, 0.15) is 47.2 Å². The van der Waals surface area contributed by atoms with E-state index in [0.29, 0.717) is 22.6 Å². The van der Waals surface area contributed by atoms with Gasteiger partial charge in [-0.25, -0.2) is 0 Å². The summed E-state index contributed by atoms with van der Waals surface area (Å²) in [4.78, 5) is 12.8. The molecule has 2 aromatic carbocycles. The van der Waals surface area contributed by atoms with Gasteiger partial charge in [0.05, 0.1) is 25.3 Å². The average Bonchev–Trinajstić information content (AvgIpc) is 2.72. The van der Waals surface area contributed by atoms with Gasteiger partial charge >= 0.3 is 0 Å².